The van der Waals surface area contributed by atoms with Gasteiger partial charge in [-0.3, -0.25) is 0 Å². The van der Waals surface area contributed by atoms with Crippen LogP contribution < -0.4 is 4.90 Å². The zero-order valence-electron chi connectivity index (χ0n) is 30.0. The smallest absolute Gasteiger partial charge is 0.0746 e. The highest BCUT2D eigenvalue weighted by atomic mass is 15.1. The molecule has 0 N–H and O–H groups in total. The summed E-state index contributed by atoms with van der Waals surface area (Å²) in [6.45, 7) is 11.6. The van der Waals surface area contributed by atoms with Crippen LogP contribution in [-0.4, -0.2) is 0 Å². The average molecular weight is 656 g/mol. The second kappa shape index (κ2) is 10.4. The first-order valence-corrected chi connectivity index (χ1v) is 18.3. The number of nitrogens with zero attached hydrogens (tertiary/aromatic N) is 1. The van der Waals surface area contributed by atoms with E-state index in [9.17, 15) is 0 Å². The van der Waals surface area contributed by atoms with E-state index in [2.05, 4.69) is 197 Å². The molecular formula is C50H41N. The van der Waals surface area contributed by atoms with E-state index in [1.54, 1.807) is 0 Å². The number of hydrogen-bond donors (Lipinski definition) is 0. The summed E-state index contributed by atoms with van der Waals surface area (Å²) in [6.07, 6.45) is 0. The van der Waals surface area contributed by atoms with E-state index in [4.69, 9.17) is 0 Å². The maximum Gasteiger partial charge on any atom is 0.0746 e. The Kier molecular flexibility index (Phi) is 6.18. The van der Waals surface area contributed by atoms with Crippen molar-refractivity contribution in [3.05, 3.63) is 197 Å². The summed E-state index contributed by atoms with van der Waals surface area (Å²) in [4.78, 5) is 2.54. The minimum absolute atomic E-state index is 0.0592. The van der Waals surface area contributed by atoms with Gasteiger partial charge in [-0.05, 0) is 103 Å². The molecule has 3 aliphatic rings. The summed E-state index contributed by atoms with van der Waals surface area (Å²) >= 11 is 0. The standard InChI is InChI=1S/C50H41N/c1-48(2,3)32-25-27-33(28-26-32)51(34-29-30-39-35-15-6-10-20-41(35)49(4,5)45(39)31-34)46-24-14-19-40-38-18-9-13-23-44(38)50(47(40)46)42-21-11-7-16-36(42)37-17-8-12-22-43(37)50/h6-31H,1-5H3. The van der Waals surface area contributed by atoms with Crippen molar-refractivity contribution < 1.29 is 0 Å². The fraction of sp³-hybridized carbons (Fsp3) is 0.160. The first-order valence-electron chi connectivity index (χ1n) is 18.3. The molecule has 7 aromatic rings. The van der Waals surface area contributed by atoms with Gasteiger partial charge in [-0.25, -0.2) is 0 Å². The number of rotatable bonds is 3. The van der Waals surface area contributed by atoms with Crippen LogP contribution in [0.5, 0.6) is 0 Å². The third kappa shape index (κ3) is 3.98. The zero-order valence-corrected chi connectivity index (χ0v) is 30.0. The number of fused-ring (bicyclic) bond motifs is 13. The lowest BCUT2D eigenvalue weighted by molar-refractivity contribution is 0.590. The normalized spacial score (nSPS) is 15.1. The quantitative estimate of drug-likeness (QED) is 0.183. The molecular weight excluding hydrogens is 615 g/mol. The van der Waals surface area contributed by atoms with Gasteiger partial charge in [0.1, 0.15) is 0 Å². The van der Waals surface area contributed by atoms with Crippen LogP contribution in [0.1, 0.15) is 73.6 Å². The summed E-state index contributed by atoms with van der Waals surface area (Å²) < 4.78 is 0. The van der Waals surface area contributed by atoms with Crippen molar-refractivity contribution >= 4 is 17.1 Å². The monoisotopic (exact) mass is 655 g/mol. The van der Waals surface area contributed by atoms with Crippen LogP contribution in [0.25, 0.3) is 33.4 Å². The lowest BCUT2D eigenvalue weighted by atomic mass is 9.70. The molecule has 3 aliphatic carbocycles. The van der Waals surface area contributed by atoms with Gasteiger partial charge in [0.25, 0.3) is 0 Å². The van der Waals surface area contributed by atoms with E-state index in [1.807, 2.05) is 0 Å². The predicted octanol–water partition coefficient (Wildman–Crippen LogP) is 13.1. The van der Waals surface area contributed by atoms with Gasteiger partial charge in [0.15, 0.2) is 0 Å². The average Bonchev–Trinajstić information content (AvgIpc) is 3.71. The van der Waals surface area contributed by atoms with Gasteiger partial charge in [-0.15, -0.1) is 0 Å². The maximum absolute atomic E-state index is 2.54. The topological polar surface area (TPSA) is 3.24 Å². The molecule has 0 heterocycles. The molecule has 0 amide bonds. The first-order chi connectivity index (χ1) is 24.7. The molecule has 0 radical (unpaired) electrons. The Bertz CT molecular complexity index is 2480. The minimum atomic E-state index is -0.453. The van der Waals surface area contributed by atoms with Crippen molar-refractivity contribution in [2.24, 2.45) is 0 Å². The van der Waals surface area contributed by atoms with Gasteiger partial charge < -0.3 is 4.90 Å². The number of hydrogen-bond acceptors (Lipinski definition) is 1. The Morgan fingerprint density at radius 1 is 0.412 bits per heavy atom. The van der Waals surface area contributed by atoms with Gasteiger partial charge in [-0.1, -0.05) is 162 Å². The Labute approximate surface area is 301 Å². The van der Waals surface area contributed by atoms with Gasteiger partial charge in [0.05, 0.1) is 11.1 Å². The van der Waals surface area contributed by atoms with E-state index < -0.39 is 5.41 Å². The van der Waals surface area contributed by atoms with Gasteiger partial charge in [0.2, 0.25) is 0 Å². The fourth-order valence-electron chi connectivity index (χ4n) is 9.69. The minimum Gasteiger partial charge on any atom is -0.310 e. The molecule has 51 heavy (non-hydrogen) atoms. The molecule has 1 nitrogen and oxygen atoms in total. The van der Waals surface area contributed by atoms with Crippen LogP contribution in [-0.2, 0) is 16.2 Å². The first kappa shape index (κ1) is 30.2. The Balaban J connectivity index is 1.29. The largest absolute Gasteiger partial charge is 0.310 e. The fourth-order valence-corrected chi connectivity index (χ4v) is 9.69. The summed E-state index contributed by atoms with van der Waals surface area (Å²) in [5.41, 5.74) is 20.5. The van der Waals surface area contributed by atoms with Crippen molar-refractivity contribution in [2.75, 3.05) is 4.90 Å². The molecule has 1 heteroatoms. The van der Waals surface area contributed by atoms with Crippen LogP contribution >= 0.6 is 0 Å². The summed E-state index contributed by atoms with van der Waals surface area (Å²) in [5.74, 6) is 0. The summed E-state index contributed by atoms with van der Waals surface area (Å²) in [5, 5.41) is 0. The third-order valence-corrected chi connectivity index (χ3v) is 12.0. The number of benzene rings is 7. The van der Waals surface area contributed by atoms with Gasteiger partial charge in [0, 0.05) is 22.4 Å². The molecule has 0 aliphatic heterocycles. The summed E-state index contributed by atoms with van der Waals surface area (Å²) in [6, 6.07) is 59.7. The molecule has 0 saturated heterocycles. The molecule has 0 saturated carbocycles. The van der Waals surface area contributed by atoms with Crippen molar-refractivity contribution in [1.29, 1.82) is 0 Å². The van der Waals surface area contributed by atoms with Crippen molar-refractivity contribution in [3.8, 4) is 33.4 Å². The Morgan fingerprint density at radius 2 is 0.863 bits per heavy atom. The number of anilines is 3. The zero-order chi connectivity index (χ0) is 34.7. The predicted molar refractivity (Wildman–Crippen MR) is 214 cm³/mol. The lowest BCUT2D eigenvalue weighted by Crippen LogP contribution is -2.28. The van der Waals surface area contributed by atoms with Crippen LogP contribution in [0, 0.1) is 0 Å². The second-order valence-electron chi connectivity index (χ2n) is 16.1. The molecule has 0 bridgehead atoms. The van der Waals surface area contributed by atoms with Crippen LogP contribution in [0.3, 0.4) is 0 Å². The molecule has 10 rings (SSSR count). The molecule has 1 spiro atoms. The van der Waals surface area contributed by atoms with Crippen LogP contribution in [0.4, 0.5) is 17.1 Å². The van der Waals surface area contributed by atoms with E-state index in [-0.39, 0.29) is 10.8 Å². The highest BCUT2D eigenvalue weighted by Gasteiger charge is 2.53. The van der Waals surface area contributed by atoms with Crippen molar-refractivity contribution in [2.45, 2.75) is 50.9 Å². The molecule has 7 aromatic carbocycles. The van der Waals surface area contributed by atoms with E-state index in [0.29, 0.717) is 0 Å². The molecule has 246 valence electrons. The molecule has 0 atom stereocenters. The highest BCUT2D eigenvalue weighted by Crippen LogP contribution is 2.65. The van der Waals surface area contributed by atoms with E-state index >= 15 is 0 Å². The SMILES string of the molecule is CC(C)(C)c1ccc(N(c2ccc3c(c2)C(C)(C)c2ccccc2-3)c2cccc3c2C2(c4ccccc4-c4ccccc42)c2ccccc2-3)cc1. The molecule has 0 fully saturated rings. The van der Waals surface area contributed by atoms with Crippen LogP contribution in [0.2, 0.25) is 0 Å². The van der Waals surface area contributed by atoms with Gasteiger partial charge >= 0.3 is 0 Å². The highest BCUT2D eigenvalue weighted by molar-refractivity contribution is 6.00. The van der Waals surface area contributed by atoms with Crippen molar-refractivity contribution in [3.63, 3.8) is 0 Å². The van der Waals surface area contributed by atoms with Gasteiger partial charge in [-0.2, -0.15) is 0 Å². The van der Waals surface area contributed by atoms with Crippen LogP contribution in [0.15, 0.2) is 158 Å². The van der Waals surface area contributed by atoms with E-state index in [0.717, 1.165) is 5.69 Å². The Hall–Kier alpha value is -5.66. The summed E-state index contributed by atoms with van der Waals surface area (Å²) in [7, 11) is 0. The lowest BCUT2D eigenvalue weighted by Gasteiger charge is -2.36. The maximum atomic E-state index is 2.54. The van der Waals surface area contributed by atoms with Crippen molar-refractivity contribution in [1.82, 2.24) is 0 Å². The third-order valence-electron chi connectivity index (χ3n) is 12.0. The Morgan fingerprint density at radius 3 is 1.43 bits per heavy atom. The molecule has 0 unspecified atom stereocenters. The molecule has 0 aromatic heterocycles. The second-order valence-corrected chi connectivity index (χ2v) is 16.1. The van der Waals surface area contributed by atoms with E-state index in [1.165, 1.54) is 83.7 Å².